The van der Waals surface area contributed by atoms with Gasteiger partial charge in [0.2, 0.25) is 0 Å². The maximum Gasteiger partial charge on any atom is 0.154 e. The number of hydrogen-bond acceptors (Lipinski definition) is 2. The second-order valence-corrected chi connectivity index (χ2v) is 3.66. The van der Waals surface area contributed by atoms with Gasteiger partial charge in [-0.1, -0.05) is 11.6 Å². The number of nitrogens with zero attached hydrogens (tertiary/aromatic N) is 2. The Morgan fingerprint density at radius 1 is 1.21 bits per heavy atom. The number of alkyl halides is 1. The summed E-state index contributed by atoms with van der Waals surface area (Å²) in [4.78, 5) is 8.57. The highest BCUT2D eigenvalue weighted by Crippen LogP contribution is 2.13. The van der Waals surface area contributed by atoms with E-state index in [4.69, 9.17) is 23.2 Å². The molecule has 0 bridgehead atoms. The fourth-order valence-corrected chi connectivity index (χ4v) is 1.48. The van der Waals surface area contributed by atoms with E-state index in [1.165, 1.54) is 0 Å². The van der Waals surface area contributed by atoms with Crippen molar-refractivity contribution in [1.29, 1.82) is 0 Å². The molecule has 4 heteroatoms. The molecular formula is C10H8Cl2N2. The fraction of sp³-hybridized carbons (Fsp3) is 0.200. The molecule has 1 aliphatic rings. The Balaban J connectivity index is 2.25. The number of rotatable bonds is 2. The molecule has 2 rings (SSSR count). The van der Waals surface area contributed by atoms with E-state index in [0.29, 0.717) is 17.4 Å². The van der Waals surface area contributed by atoms with Gasteiger partial charge in [-0.2, -0.15) is 0 Å². The van der Waals surface area contributed by atoms with Crippen molar-refractivity contribution < 1.29 is 0 Å². The van der Waals surface area contributed by atoms with Gasteiger partial charge in [-0.15, -0.1) is 11.6 Å². The zero-order valence-electron chi connectivity index (χ0n) is 7.37. The lowest BCUT2D eigenvalue weighted by molar-refractivity contribution is 1.33. The van der Waals surface area contributed by atoms with Crippen LogP contribution < -0.4 is 0 Å². The van der Waals surface area contributed by atoms with Crippen LogP contribution in [0.2, 0.25) is 5.02 Å². The first kappa shape index (κ1) is 9.69. The highest BCUT2D eigenvalue weighted by Gasteiger charge is 2.10. The van der Waals surface area contributed by atoms with Crippen molar-refractivity contribution in [3.05, 3.63) is 34.9 Å². The molecule has 0 aromatic heterocycles. The number of amidine groups is 1. The molecule has 1 aromatic carbocycles. The topological polar surface area (TPSA) is 24.7 Å². The maximum atomic E-state index is 5.78. The number of aliphatic imine (C=N–C) groups is 2. The predicted octanol–water partition coefficient (Wildman–Crippen LogP) is 2.78. The minimum Gasteiger partial charge on any atom is -0.260 e. The molecule has 14 heavy (non-hydrogen) atoms. The Bertz CT molecular complexity index is 393. The zero-order valence-corrected chi connectivity index (χ0v) is 8.89. The second-order valence-electron chi connectivity index (χ2n) is 2.96. The van der Waals surface area contributed by atoms with Gasteiger partial charge in [-0.05, 0) is 24.3 Å². The third-order valence-electron chi connectivity index (χ3n) is 1.93. The zero-order chi connectivity index (χ0) is 9.97. The van der Waals surface area contributed by atoms with Crippen LogP contribution in [-0.2, 0) is 0 Å². The number of halogens is 2. The first-order chi connectivity index (χ1) is 6.79. The summed E-state index contributed by atoms with van der Waals surface area (Å²) in [7, 11) is 0. The van der Waals surface area contributed by atoms with Gasteiger partial charge in [0.15, 0.2) is 5.84 Å². The average molecular weight is 227 g/mol. The lowest BCUT2D eigenvalue weighted by Crippen LogP contribution is -1.99. The molecular weight excluding hydrogens is 219 g/mol. The standard InChI is InChI=1S/C10H8Cl2N2/c11-5-9-6-13-10(14-9)7-1-3-8(12)4-2-7/h1-4H,5-6H2. The smallest absolute Gasteiger partial charge is 0.154 e. The highest BCUT2D eigenvalue weighted by atomic mass is 35.5. The Labute approximate surface area is 92.3 Å². The summed E-state index contributed by atoms with van der Waals surface area (Å²) in [6.45, 7) is 0.613. The van der Waals surface area contributed by atoms with Crippen LogP contribution in [0, 0.1) is 0 Å². The SMILES string of the molecule is ClCC1=NC(c2ccc(Cl)cc2)=NC1. The van der Waals surface area contributed by atoms with Gasteiger partial charge >= 0.3 is 0 Å². The summed E-state index contributed by atoms with van der Waals surface area (Å²) < 4.78 is 0. The third-order valence-corrected chi connectivity index (χ3v) is 2.49. The molecule has 1 heterocycles. The van der Waals surface area contributed by atoms with Crippen molar-refractivity contribution in [3.63, 3.8) is 0 Å². The molecule has 0 spiro atoms. The monoisotopic (exact) mass is 226 g/mol. The van der Waals surface area contributed by atoms with E-state index in [-0.39, 0.29) is 0 Å². The summed E-state index contributed by atoms with van der Waals surface area (Å²) in [5.74, 6) is 1.19. The van der Waals surface area contributed by atoms with Crippen LogP contribution >= 0.6 is 23.2 Å². The molecule has 0 aliphatic carbocycles. The van der Waals surface area contributed by atoms with Crippen molar-refractivity contribution in [2.24, 2.45) is 9.98 Å². The first-order valence-corrected chi connectivity index (χ1v) is 5.13. The highest BCUT2D eigenvalue weighted by molar-refractivity contribution is 6.32. The van der Waals surface area contributed by atoms with Crippen LogP contribution in [0.25, 0.3) is 0 Å². The van der Waals surface area contributed by atoms with E-state index < -0.39 is 0 Å². The molecule has 0 radical (unpaired) electrons. The molecule has 0 saturated carbocycles. The predicted molar refractivity (Wildman–Crippen MR) is 61.0 cm³/mol. The summed E-state index contributed by atoms with van der Waals surface area (Å²) >= 11 is 11.4. The van der Waals surface area contributed by atoms with Crippen molar-refractivity contribution in [2.45, 2.75) is 0 Å². The Morgan fingerprint density at radius 2 is 1.93 bits per heavy atom. The van der Waals surface area contributed by atoms with E-state index in [1.807, 2.05) is 24.3 Å². The number of benzene rings is 1. The van der Waals surface area contributed by atoms with E-state index in [2.05, 4.69) is 9.98 Å². The lowest BCUT2D eigenvalue weighted by Gasteiger charge is -1.96. The molecule has 2 nitrogen and oxygen atoms in total. The summed E-state index contributed by atoms with van der Waals surface area (Å²) in [6, 6.07) is 7.46. The van der Waals surface area contributed by atoms with Gasteiger partial charge in [0, 0.05) is 10.6 Å². The molecule has 0 fully saturated rings. The van der Waals surface area contributed by atoms with E-state index in [1.54, 1.807) is 0 Å². The first-order valence-electron chi connectivity index (χ1n) is 4.22. The quantitative estimate of drug-likeness (QED) is 0.694. The normalized spacial score (nSPS) is 15.3. The second kappa shape index (κ2) is 4.11. The van der Waals surface area contributed by atoms with Crippen molar-refractivity contribution in [3.8, 4) is 0 Å². The van der Waals surface area contributed by atoms with Crippen LogP contribution in [0.3, 0.4) is 0 Å². The largest absolute Gasteiger partial charge is 0.260 e. The van der Waals surface area contributed by atoms with Gasteiger partial charge in [0.1, 0.15) is 0 Å². The molecule has 0 amide bonds. The van der Waals surface area contributed by atoms with Gasteiger partial charge < -0.3 is 0 Å². The van der Waals surface area contributed by atoms with Crippen molar-refractivity contribution in [2.75, 3.05) is 12.4 Å². The molecule has 0 saturated heterocycles. The van der Waals surface area contributed by atoms with Crippen LogP contribution in [-0.4, -0.2) is 24.0 Å². The molecule has 1 aromatic rings. The van der Waals surface area contributed by atoms with Gasteiger partial charge in [-0.25, -0.2) is 4.99 Å². The minimum absolute atomic E-state index is 0.445. The van der Waals surface area contributed by atoms with Gasteiger partial charge in [0.25, 0.3) is 0 Å². The molecule has 1 aliphatic heterocycles. The van der Waals surface area contributed by atoms with Gasteiger partial charge in [0.05, 0.1) is 18.1 Å². The fourth-order valence-electron chi connectivity index (χ4n) is 1.21. The molecule has 0 atom stereocenters. The molecule has 72 valence electrons. The van der Waals surface area contributed by atoms with Crippen molar-refractivity contribution in [1.82, 2.24) is 0 Å². The Kier molecular flexibility index (Phi) is 2.85. The van der Waals surface area contributed by atoms with Crippen LogP contribution in [0.4, 0.5) is 0 Å². The summed E-state index contributed by atoms with van der Waals surface area (Å²) in [5, 5.41) is 0.717. The molecule has 0 N–H and O–H groups in total. The summed E-state index contributed by atoms with van der Waals surface area (Å²) in [5.41, 5.74) is 1.89. The maximum absolute atomic E-state index is 5.78. The molecule has 0 unspecified atom stereocenters. The minimum atomic E-state index is 0.445. The Hall–Kier alpha value is -0.860. The van der Waals surface area contributed by atoms with E-state index >= 15 is 0 Å². The van der Waals surface area contributed by atoms with Crippen molar-refractivity contribution >= 4 is 34.7 Å². The third kappa shape index (κ3) is 1.97. The lowest BCUT2D eigenvalue weighted by atomic mass is 10.2. The summed E-state index contributed by atoms with van der Waals surface area (Å²) in [6.07, 6.45) is 0. The number of hydrogen-bond donors (Lipinski definition) is 0. The van der Waals surface area contributed by atoms with E-state index in [9.17, 15) is 0 Å². The van der Waals surface area contributed by atoms with E-state index in [0.717, 1.165) is 17.1 Å². The van der Waals surface area contributed by atoms with Gasteiger partial charge in [-0.3, -0.25) is 4.99 Å². The van der Waals surface area contributed by atoms with Crippen LogP contribution in [0.15, 0.2) is 34.3 Å². The Morgan fingerprint density at radius 3 is 2.50 bits per heavy atom. The van der Waals surface area contributed by atoms with Crippen LogP contribution in [0.5, 0.6) is 0 Å². The average Bonchev–Trinajstić information content (AvgIpc) is 2.67. The van der Waals surface area contributed by atoms with Crippen LogP contribution in [0.1, 0.15) is 5.56 Å².